The molecule has 0 saturated heterocycles. The number of rotatable bonds is 5. The minimum absolute atomic E-state index is 0.208. The Labute approximate surface area is 368 Å². The maximum Gasteiger partial charge on any atom is 0.143 e. The van der Waals surface area contributed by atoms with Gasteiger partial charge in [-0.1, -0.05) is 152 Å². The molecule has 1 aliphatic carbocycles. The van der Waals surface area contributed by atoms with Crippen LogP contribution >= 0.6 is 0 Å². The first-order valence-electron chi connectivity index (χ1n) is 22.1. The highest BCUT2D eigenvalue weighted by Gasteiger charge is 2.39. The first-order valence-corrected chi connectivity index (χ1v) is 22.1. The van der Waals surface area contributed by atoms with Gasteiger partial charge in [-0.05, 0) is 94.5 Å². The van der Waals surface area contributed by atoms with Crippen molar-refractivity contribution in [2.75, 3.05) is 4.90 Å². The third-order valence-electron chi connectivity index (χ3n) is 13.7. The summed E-state index contributed by atoms with van der Waals surface area (Å²) in [5.74, 6) is 0.230. The van der Waals surface area contributed by atoms with Crippen molar-refractivity contribution in [1.82, 2.24) is 4.57 Å². The fraction of sp³-hybridized carbons (Fsp3) is 0.0333. The molecule has 9 aromatic carbocycles. The van der Waals surface area contributed by atoms with E-state index < -0.39 is 0 Å². The van der Waals surface area contributed by atoms with Gasteiger partial charge in [0.15, 0.2) is 0 Å². The Morgan fingerprint density at radius 3 is 1.58 bits per heavy atom. The van der Waals surface area contributed by atoms with Crippen LogP contribution in [0.5, 0.6) is 0 Å². The van der Waals surface area contributed by atoms with Crippen molar-refractivity contribution in [2.45, 2.75) is 12.0 Å². The van der Waals surface area contributed by atoms with Gasteiger partial charge < -0.3 is 18.3 Å². The minimum atomic E-state index is 0.208. The van der Waals surface area contributed by atoms with E-state index in [1.807, 2.05) is 18.2 Å². The van der Waals surface area contributed by atoms with Crippen LogP contribution in [0.15, 0.2) is 227 Å². The third-order valence-corrected chi connectivity index (χ3v) is 13.7. The summed E-state index contributed by atoms with van der Waals surface area (Å²) in [6.45, 7) is 0. The van der Waals surface area contributed by atoms with Crippen LogP contribution in [-0.4, -0.2) is 10.6 Å². The first kappa shape index (κ1) is 35.3. The Morgan fingerprint density at radius 2 is 0.906 bits per heavy atom. The number of hydrogen-bond acceptors (Lipinski definition) is 3. The predicted octanol–water partition coefficient (Wildman–Crippen LogP) is 16.3. The van der Waals surface area contributed by atoms with Crippen LogP contribution in [0, 0.1) is 0 Å². The zero-order valence-corrected chi connectivity index (χ0v) is 34.7. The van der Waals surface area contributed by atoms with Crippen LogP contribution in [0.25, 0.3) is 105 Å². The van der Waals surface area contributed by atoms with E-state index in [0.29, 0.717) is 0 Å². The molecular weight excluding hydrogens is 781 g/mol. The van der Waals surface area contributed by atoms with E-state index in [1.54, 1.807) is 0 Å². The number of hydrogen-bond donors (Lipinski definition) is 0. The monoisotopic (exact) mass is 818 g/mol. The molecule has 4 nitrogen and oxygen atoms in total. The molecule has 3 aromatic heterocycles. The molecule has 4 heteroatoms. The standard InChI is InChI=1S/C60H38N2O2/c1-2-13-40(14-3-1)62-52-23-7-4-17-49(52)58-42(18-12-24-55(58)62)38-29-33-53-50(35-38)51-36-39(44-20-11-22-48-46-16-6-9-26-57(46)64-60(44)48)30-34-54(51)61(53)41-31-27-37(28-32-41)43-19-10-21-47-45-15-5-8-25-56(45)63-59(43)47/h1-36,49,52H. The van der Waals surface area contributed by atoms with E-state index in [-0.39, 0.29) is 12.0 Å². The molecule has 2 atom stereocenters. The zero-order valence-electron chi connectivity index (χ0n) is 34.7. The topological polar surface area (TPSA) is 34.5 Å². The number of aromatic nitrogens is 1. The largest absolute Gasteiger partial charge is 0.455 e. The fourth-order valence-electron chi connectivity index (χ4n) is 10.9. The molecular formula is C60H38N2O2. The van der Waals surface area contributed by atoms with Crippen molar-refractivity contribution >= 4 is 77.1 Å². The Bertz CT molecular complexity index is 3920. The van der Waals surface area contributed by atoms with Crippen molar-refractivity contribution in [3.05, 3.63) is 224 Å². The number of furan rings is 2. The molecule has 2 unspecified atom stereocenters. The fourth-order valence-corrected chi connectivity index (χ4v) is 10.9. The molecule has 4 heterocycles. The molecule has 0 amide bonds. The lowest BCUT2D eigenvalue weighted by Crippen LogP contribution is -2.28. The van der Waals surface area contributed by atoms with E-state index in [2.05, 4.69) is 210 Å². The number of para-hydroxylation sites is 5. The average Bonchev–Trinajstić information content (AvgIpc) is 4.12. The summed E-state index contributed by atoms with van der Waals surface area (Å²) in [4.78, 5) is 2.51. The van der Waals surface area contributed by atoms with Gasteiger partial charge in [0.2, 0.25) is 0 Å². The SMILES string of the molecule is C1=CC2c3c(-c4ccc5c(c4)c4cc(-c6cccc7c6oc6ccccc67)ccc4n5-c4ccc(-c5cccc6c5oc5ccccc56)cc4)cccc3N(c3ccccc3)C2C=C1. The highest BCUT2D eigenvalue weighted by molar-refractivity contribution is 6.14. The molecule has 0 radical (unpaired) electrons. The molecule has 12 aromatic rings. The number of allylic oxidation sites excluding steroid dienone is 2. The van der Waals surface area contributed by atoms with Gasteiger partial charge >= 0.3 is 0 Å². The number of nitrogens with zero attached hydrogens (tertiary/aromatic N) is 2. The summed E-state index contributed by atoms with van der Waals surface area (Å²) in [6, 6.07) is 70.3. The minimum Gasteiger partial charge on any atom is -0.455 e. The molecule has 0 N–H and O–H groups in total. The molecule has 0 saturated carbocycles. The number of anilines is 2. The maximum absolute atomic E-state index is 6.58. The molecule has 2 aliphatic rings. The molecule has 300 valence electrons. The predicted molar refractivity (Wildman–Crippen MR) is 265 cm³/mol. The molecule has 14 rings (SSSR count). The Hall–Kier alpha value is -8.34. The van der Waals surface area contributed by atoms with Crippen molar-refractivity contribution in [3.63, 3.8) is 0 Å². The number of fused-ring (bicyclic) bond motifs is 12. The van der Waals surface area contributed by atoms with Crippen LogP contribution < -0.4 is 4.90 Å². The maximum atomic E-state index is 6.58. The van der Waals surface area contributed by atoms with E-state index in [1.165, 1.54) is 38.8 Å². The van der Waals surface area contributed by atoms with Crippen LogP contribution in [0.1, 0.15) is 11.5 Å². The van der Waals surface area contributed by atoms with Gasteiger partial charge in [0.25, 0.3) is 0 Å². The van der Waals surface area contributed by atoms with Crippen LogP contribution in [0.2, 0.25) is 0 Å². The zero-order chi connectivity index (χ0) is 41.9. The Kier molecular flexibility index (Phi) is 7.48. The van der Waals surface area contributed by atoms with Gasteiger partial charge in [-0.25, -0.2) is 0 Å². The quantitative estimate of drug-likeness (QED) is 0.173. The molecule has 0 bridgehead atoms. The molecule has 0 spiro atoms. The normalized spacial score (nSPS) is 15.7. The molecule has 1 aliphatic heterocycles. The molecule has 0 fully saturated rings. The third kappa shape index (κ3) is 5.11. The second-order valence-electron chi connectivity index (χ2n) is 17.1. The van der Waals surface area contributed by atoms with Crippen LogP contribution in [0.3, 0.4) is 0 Å². The van der Waals surface area contributed by atoms with Gasteiger partial charge in [0.1, 0.15) is 22.3 Å². The lowest BCUT2D eigenvalue weighted by Gasteiger charge is -2.28. The van der Waals surface area contributed by atoms with Gasteiger partial charge in [-0.3, -0.25) is 0 Å². The summed E-state index contributed by atoms with van der Waals surface area (Å²) in [5.41, 5.74) is 17.8. The highest BCUT2D eigenvalue weighted by Crippen LogP contribution is 2.52. The summed E-state index contributed by atoms with van der Waals surface area (Å²) in [5, 5.41) is 6.92. The lowest BCUT2D eigenvalue weighted by molar-refractivity contribution is 0.669. The van der Waals surface area contributed by atoms with Crippen molar-refractivity contribution in [2.24, 2.45) is 0 Å². The van der Waals surface area contributed by atoms with E-state index in [0.717, 1.165) is 82.9 Å². The second-order valence-corrected chi connectivity index (χ2v) is 17.1. The van der Waals surface area contributed by atoms with Crippen LogP contribution in [-0.2, 0) is 0 Å². The van der Waals surface area contributed by atoms with Crippen molar-refractivity contribution in [3.8, 4) is 39.1 Å². The Morgan fingerprint density at radius 1 is 0.375 bits per heavy atom. The van der Waals surface area contributed by atoms with Crippen molar-refractivity contribution in [1.29, 1.82) is 0 Å². The first-order chi connectivity index (χ1) is 31.7. The highest BCUT2D eigenvalue weighted by atomic mass is 16.3. The van der Waals surface area contributed by atoms with E-state index >= 15 is 0 Å². The summed E-state index contributed by atoms with van der Waals surface area (Å²) in [7, 11) is 0. The molecule has 64 heavy (non-hydrogen) atoms. The average molecular weight is 819 g/mol. The van der Waals surface area contributed by atoms with Gasteiger partial charge in [-0.15, -0.1) is 0 Å². The smallest absolute Gasteiger partial charge is 0.143 e. The van der Waals surface area contributed by atoms with Crippen LogP contribution in [0.4, 0.5) is 11.4 Å². The lowest BCUT2D eigenvalue weighted by atomic mass is 9.86. The van der Waals surface area contributed by atoms with Gasteiger partial charge in [-0.2, -0.15) is 0 Å². The van der Waals surface area contributed by atoms with E-state index in [4.69, 9.17) is 8.83 Å². The summed E-state index contributed by atoms with van der Waals surface area (Å²) in [6.07, 6.45) is 9.13. The summed E-state index contributed by atoms with van der Waals surface area (Å²) >= 11 is 0. The Balaban J connectivity index is 0.964. The van der Waals surface area contributed by atoms with E-state index in [9.17, 15) is 0 Å². The summed E-state index contributed by atoms with van der Waals surface area (Å²) < 4.78 is 15.5. The number of benzene rings is 9. The van der Waals surface area contributed by atoms with Crippen molar-refractivity contribution < 1.29 is 8.83 Å². The second kappa shape index (κ2) is 13.6. The van der Waals surface area contributed by atoms with Gasteiger partial charge in [0.05, 0.1) is 17.1 Å². The van der Waals surface area contributed by atoms with Gasteiger partial charge in [0, 0.05) is 66.4 Å².